The van der Waals surface area contributed by atoms with Gasteiger partial charge in [0.1, 0.15) is 11.9 Å². The number of ether oxygens (including phenoxy) is 1. The fourth-order valence-corrected chi connectivity index (χ4v) is 3.12. The number of halogens is 1. The van der Waals surface area contributed by atoms with Crippen molar-refractivity contribution in [2.75, 3.05) is 25.0 Å². The van der Waals surface area contributed by atoms with E-state index in [4.69, 9.17) is 16.3 Å². The average molecular weight is 390 g/mol. The van der Waals surface area contributed by atoms with Crippen LogP contribution >= 0.6 is 11.6 Å². The molecule has 4 heterocycles. The first kappa shape index (κ1) is 17.7. The summed E-state index contributed by atoms with van der Waals surface area (Å²) in [7, 11) is 1.75. The van der Waals surface area contributed by atoms with E-state index in [1.54, 1.807) is 30.5 Å². The van der Waals surface area contributed by atoms with Crippen molar-refractivity contribution < 1.29 is 9.53 Å². The third-order valence-electron chi connectivity index (χ3n) is 4.42. The van der Waals surface area contributed by atoms with Gasteiger partial charge in [-0.15, -0.1) is 10.2 Å². The fourth-order valence-electron chi connectivity index (χ4n) is 2.97. The van der Waals surface area contributed by atoms with Crippen LogP contribution in [0.15, 0.2) is 18.6 Å². The first-order valence-electron chi connectivity index (χ1n) is 8.59. The van der Waals surface area contributed by atoms with Gasteiger partial charge in [-0.25, -0.2) is 14.8 Å². The third kappa shape index (κ3) is 3.23. The Morgan fingerprint density at radius 3 is 2.81 bits per heavy atom. The summed E-state index contributed by atoms with van der Waals surface area (Å²) in [6, 6.07) is 1.82. The van der Waals surface area contributed by atoms with Crippen LogP contribution in [-0.2, 0) is 4.74 Å². The zero-order valence-corrected chi connectivity index (χ0v) is 16.3. The van der Waals surface area contributed by atoms with Gasteiger partial charge in [0.2, 0.25) is 5.65 Å². The van der Waals surface area contributed by atoms with Crippen molar-refractivity contribution in [2.45, 2.75) is 32.4 Å². The predicted molar refractivity (Wildman–Crippen MR) is 101 cm³/mol. The molecule has 0 saturated carbocycles. The number of nitrogens with zero attached hydrogens (tertiary/aromatic N) is 7. The maximum atomic E-state index is 12.2. The van der Waals surface area contributed by atoms with Crippen LogP contribution in [0.4, 0.5) is 10.6 Å². The highest BCUT2D eigenvalue weighted by Crippen LogP contribution is 2.28. The smallest absolute Gasteiger partial charge is 0.410 e. The molecule has 1 fully saturated rings. The molecule has 9 nitrogen and oxygen atoms in total. The molecule has 0 radical (unpaired) electrons. The number of carbonyl (C=O) groups excluding carboxylic acids is 1. The maximum Gasteiger partial charge on any atom is 0.410 e. The van der Waals surface area contributed by atoms with Gasteiger partial charge < -0.3 is 14.5 Å². The quantitative estimate of drug-likeness (QED) is 0.664. The Morgan fingerprint density at radius 1 is 1.37 bits per heavy atom. The number of likely N-dealkylation sites (N-methyl/N-ethyl adjacent to an activating group) is 1. The minimum Gasteiger partial charge on any atom is -0.444 e. The van der Waals surface area contributed by atoms with Gasteiger partial charge >= 0.3 is 6.09 Å². The summed E-state index contributed by atoms with van der Waals surface area (Å²) in [5, 5.41) is 8.71. The van der Waals surface area contributed by atoms with Crippen molar-refractivity contribution >= 4 is 40.3 Å². The van der Waals surface area contributed by atoms with Gasteiger partial charge in [0.05, 0.1) is 16.6 Å². The number of aromatic nitrogens is 5. The van der Waals surface area contributed by atoms with Crippen molar-refractivity contribution in [1.29, 1.82) is 0 Å². The minimum atomic E-state index is -0.519. The Labute approximate surface area is 160 Å². The van der Waals surface area contributed by atoms with Gasteiger partial charge in [0.25, 0.3) is 0 Å². The van der Waals surface area contributed by atoms with Crippen molar-refractivity contribution in [3.8, 4) is 0 Å². The molecule has 1 aliphatic heterocycles. The molecule has 0 bridgehead atoms. The lowest BCUT2D eigenvalue weighted by Crippen LogP contribution is -2.60. The highest BCUT2D eigenvalue weighted by Gasteiger charge is 2.36. The zero-order chi connectivity index (χ0) is 19.3. The Balaban J connectivity index is 1.57. The van der Waals surface area contributed by atoms with E-state index in [2.05, 4.69) is 20.2 Å². The minimum absolute atomic E-state index is 0.0403. The zero-order valence-electron chi connectivity index (χ0n) is 15.5. The van der Waals surface area contributed by atoms with E-state index in [-0.39, 0.29) is 12.1 Å². The molecule has 0 unspecified atom stereocenters. The first-order chi connectivity index (χ1) is 12.7. The number of rotatable bonds is 2. The molecule has 4 rings (SSSR count). The Kier molecular flexibility index (Phi) is 4.06. The van der Waals surface area contributed by atoms with Crippen molar-refractivity contribution in [3.63, 3.8) is 0 Å². The van der Waals surface area contributed by atoms with Gasteiger partial charge in [-0.2, -0.15) is 0 Å². The Hall–Kier alpha value is -2.68. The summed E-state index contributed by atoms with van der Waals surface area (Å²) >= 11 is 6.05. The summed E-state index contributed by atoms with van der Waals surface area (Å²) in [6.45, 7) is 6.82. The van der Waals surface area contributed by atoms with Crippen LogP contribution in [0.2, 0.25) is 5.02 Å². The van der Waals surface area contributed by atoms with Gasteiger partial charge in [0, 0.05) is 26.3 Å². The Bertz CT molecular complexity index is 1020. The second-order valence-electron chi connectivity index (χ2n) is 7.61. The molecule has 0 aromatic carbocycles. The number of fused-ring (bicyclic) bond motifs is 3. The summed E-state index contributed by atoms with van der Waals surface area (Å²) < 4.78 is 7.25. The fraction of sp³-hybridized carbons (Fsp3) is 0.471. The highest BCUT2D eigenvalue weighted by molar-refractivity contribution is 6.31. The second-order valence-corrected chi connectivity index (χ2v) is 8.04. The lowest BCUT2D eigenvalue weighted by Gasteiger charge is -2.44. The number of hydrogen-bond donors (Lipinski definition) is 0. The number of carbonyl (C=O) groups is 1. The summed E-state index contributed by atoms with van der Waals surface area (Å²) in [4.78, 5) is 24.8. The average Bonchev–Trinajstić information content (AvgIpc) is 3.02. The third-order valence-corrected chi connectivity index (χ3v) is 4.63. The van der Waals surface area contributed by atoms with Crippen LogP contribution in [0.3, 0.4) is 0 Å². The summed E-state index contributed by atoms with van der Waals surface area (Å²) in [5.41, 5.74) is 1.42. The molecule has 10 heteroatoms. The largest absolute Gasteiger partial charge is 0.444 e. The molecule has 0 spiro atoms. The Morgan fingerprint density at radius 2 is 2.11 bits per heavy atom. The van der Waals surface area contributed by atoms with Crippen molar-refractivity contribution in [2.24, 2.45) is 0 Å². The second kappa shape index (κ2) is 6.19. The van der Waals surface area contributed by atoms with E-state index in [0.717, 1.165) is 5.52 Å². The standard InChI is InChI=1S/C17H20ClN7O2/c1-17(2,3)27-16(26)23(4)11-7-24(8-11)14-15-22-20-9-25(15)12-5-10(18)6-19-13(12)21-14/h5-6,9,11H,7-8H2,1-4H3. The molecule has 0 aliphatic carbocycles. The topological polar surface area (TPSA) is 88.8 Å². The van der Waals surface area contributed by atoms with E-state index in [1.165, 1.54) is 0 Å². The van der Waals surface area contributed by atoms with Gasteiger partial charge in [0.15, 0.2) is 11.5 Å². The normalized spacial score (nSPS) is 15.2. The molecule has 1 saturated heterocycles. The summed E-state index contributed by atoms with van der Waals surface area (Å²) in [6.07, 6.45) is 2.85. The van der Waals surface area contributed by atoms with Crippen LogP contribution < -0.4 is 4.90 Å². The molecule has 0 N–H and O–H groups in total. The molecular formula is C17H20ClN7O2. The van der Waals surface area contributed by atoms with Crippen LogP contribution in [0.5, 0.6) is 0 Å². The van der Waals surface area contributed by atoms with Gasteiger partial charge in [-0.05, 0) is 26.8 Å². The van der Waals surface area contributed by atoms with Crippen LogP contribution in [-0.4, -0.2) is 67.3 Å². The molecule has 1 amide bonds. The molecular weight excluding hydrogens is 370 g/mol. The highest BCUT2D eigenvalue weighted by atomic mass is 35.5. The van der Waals surface area contributed by atoms with Gasteiger partial charge in [-0.3, -0.25) is 4.40 Å². The number of pyridine rings is 1. The van der Waals surface area contributed by atoms with Crippen molar-refractivity contribution in [3.05, 3.63) is 23.6 Å². The lowest BCUT2D eigenvalue weighted by molar-refractivity contribution is 0.0197. The SMILES string of the molecule is CN(C(=O)OC(C)(C)C)C1CN(c2nc3ncc(Cl)cc3n3cnnc23)C1. The molecule has 3 aromatic heterocycles. The number of anilines is 1. The van der Waals surface area contributed by atoms with E-state index in [0.29, 0.717) is 35.2 Å². The molecule has 0 atom stereocenters. The molecule has 27 heavy (non-hydrogen) atoms. The summed E-state index contributed by atoms with van der Waals surface area (Å²) in [5.74, 6) is 0.684. The van der Waals surface area contributed by atoms with E-state index in [9.17, 15) is 4.79 Å². The first-order valence-corrected chi connectivity index (χ1v) is 8.96. The molecule has 142 valence electrons. The van der Waals surface area contributed by atoms with Crippen LogP contribution in [0, 0.1) is 0 Å². The number of hydrogen-bond acceptors (Lipinski definition) is 7. The van der Waals surface area contributed by atoms with E-state index < -0.39 is 5.60 Å². The van der Waals surface area contributed by atoms with E-state index in [1.807, 2.05) is 30.1 Å². The van der Waals surface area contributed by atoms with Crippen molar-refractivity contribution in [1.82, 2.24) is 29.5 Å². The maximum absolute atomic E-state index is 12.2. The molecule has 3 aromatic rings. The van der Waals surface area contributed by atoms with E-state index >= 15 is 0 Å². The lowest BCUT2D eigenvalue weighted by atomic mass is 10.1. The predicted octanol–water partition coefficient (Wildman–Crippen LogP) is 2.38. The molecule has 1 aliphatic rings. The van der Waals surface area contributed by atoms with Crippen LogP contribution in [0.25, 0.3) is 16.8 Å². The monoisotopic (exact) mass is 389 g/mol. The van der Waals surface area contributed by atoms with Crippen LogP contribution in [0.1, 0.15) is 20.8 Å². The number of amides is 1. The van der Waals surface area contributed by atoms with Gasteiger partial charge in [-0.1, -0.05) is 11.6 Å².